The van der Waals surface area contributed by atoms with Gasteiger partial charge in [-0.3, -0.25) is 14.4 Å². The van der Waals surface area contributed by atoms with Crippen LogP contribution in [0.2, 0.25) is 5.02 Å². The lowest BCUT2D eigenvalue weighted by molar-refractivity contribution is -0.147. The molecule has 1 heterocycles. The van der Waals surface area contributed by atoms with E-state index < -0.39 is 11.9 Å². The highest BCUT2D eigenvalue weighted by Gasteiger charge is 2.35. The van der Waals surface area contributed by atoms with E-state index in [2.05, 4.69) is 0 Å². The third-order valence-electron chi connectivity index (χ3n) is 4.91. The van der Waals surface area contributed by atoms with Gasteiger partial charge in [0.2, 0.25) is 11.7 Å². The fourth-order valence-electron chi connectivity index (χ4n) is 3.28. The monoisotopic (exact) mass is 399 g/mol. The number of ketones is 1. The lowest BCUT2D eigenvalue weighted by atomic mass is 10.0. The maximum atomic E-state index is 12.4. The number of Topliss-reactive ketones (excluding diaryl/α,β-unsaturated/α-hetero) is 1. The van der Waals surface area contributed by atoms with E-state index in [1.165, 1.54) is 0 Å². The van der Waals surface area contributed by atoms with Gasteiger partial charge in [-0.2, -0.15) is 0 Å². The molecule has 6 heteroatoms. The zero-order valence-electron chi connectivity index (χ0n) is 15.9. The Hall–Kier alpha value is -2.66. The Bertz CT molecular complexity index is 925. The van der Waals surface area contributed by atoms with Crippen LogP contribution in [-0.4, -0.2) is 35.7 Å². The van der Waals surface area contributed by atoms with Crippen molar-refractivity contribution in [3.8, 4) is 0 Å². The summed E-state index contributed by atoms with van der Waals surface area (Å²) in [4.78, 5) is 38.6. The molecule has 3 rings (SSSR count). The van der Waals surface area contributed by atoms with Crippen LogP contribution in [0.4, 0.5) is 0 Å². The van der Waals surface area contributed by atoms with Crippen molar-refractivity contribution in [1.82, 2.24) is 4.90 Å². The van der Waals surface area contributed by atoms with Crippen molar-refractivity contribution >= 4 is 29.3 Å². The summed E-state index contributed by atoms with van der Waals surface area (Å²) in [5, 5.41) is 0.584. The number of halogens is 1. The molecule has 1 aliphatic heterocycles. The SMILES string of the molecule is Cc1ccc(C)c(C(=O)COC(=O)[C@H]2CC(=O)N(Cc3ccccc3Cl)C2)c1. The topological polar surface area (TPSA) is 63.7 Å². The number of carbonyl (C=O) groups excluding carboxylic acids is 3. The van der Waals surface area contributed by atoms with Gasteiger partial charge in [-0.15, -0.1) is 0 Å². The van der Waals surface area contributed by atoms with Crippen LogP contribution in [0.15, 0.2) is 42.5 Å². The molecule has 146 valence electrons. The van der Waals surface area contributed by atoms with Crippen molar-refractivity contribution in [3.63, 3.8) is 0 Å². The summed E-state index contributed by atoms with van der Waals surface area (Å²) in [5.41, 5.74) is 3.19. The van der Waals surface area contributed by atoms with Gasteiger partial charge in [0.15, 0.2) is 6.61 Å². The number of nitrogens with zero attached hydrogens (tertiary/aromatic N) is 1. The fraction of sp³-hybridized carbons (Fsp3) is 0.318. The average Bonchev–Trinajstić information content (AvgIpc) is 3.04. The molecule has 0 N–H and O–H groups in total. The minimum absolute atomic E-state index is 0.0843. The van der Waals surface area contributed by atoms with Crippen molar-refractivity contribution in [2.75, 3.05) is 13.2 Å². The number of hydrogen-bond donors (Lipinski definition) is 0. The Morgan fingerprint density at radius 3 is 2.68 bits per heavy atom. The molecular formula is C22H22ClNO4. The van der Waals surface area contributed by atoms with Crippen molar-refractivity contribution in [2.45, 2.75) is 26.8 Å². The van der Waals surface area contributed by atoms with E-state index in [4.69, 9.17) is 16.3 Å². The largest absolute Gasteiger partial charge is 0.457 e. The van der Waals surface area contributed by atoms with Gasteiger partial charge in [-0.25, -0.2) is 0 Å². The molecule has 0 aliphatic carbocycles. The predicted octanol–water partition coefficient (Wildman–Crippen LogP) is 3.73. The van der Waals surface area contributed by atoms with Crippen LogP contribution in [0, 0.1) is 19.8 Å². The second-order valence-electron chi connectivity index (χ2n) is 7.12. The number of hydrogen-bond acceptors (Lipinski definition) is 4. The van der Waals surface area contributed by atoms with E-state index >= 15 is 0 Å². The summed E-state index contributed by atoms with van der Waals surface area (Å²) in [7, 11) is 0. The molecule has 28 heavy (non-hydrogen) atoms. The standard InChI is InChI=1S/C22H22ClNO4/c1-14-7-8-15(2)18(9-14)20(25)13-28-22(27)17-10-21(26)24(12-17)11-16-5-3-4-6-19(16)23/h3-9,17H,10-13H2,1-2H3/t17-/m0/s1. The number of ether oxygens (including phenoxy) is 1. The quantitative estimate of drug-likeness (QED) is 0.548. The van der Waals surface area contributed by atoms with E-state index in [0.717, 1.165) is 16.7 Å². The molecule has 2 aromatic carbocycles. The van der Waals surface area contributed by atoms with Gasteiger partial charge in [-0.05, 0) is 37.1 Å². The van der Waals surface area contributed by atoms with Crippen molar-refractivity contribution < 1.29 is 19.1 Å². The first kappa shape index (κ1) is 20.1. The summed E-state index contributed by atoms with van der Waals surface area (Å²) in [6.07, 6.45) is 0.0843. The zero-order chi connectivity index (χ0) is 20.3. The Morgan fingerprint density at radius 1 is 1.18 bits per heavy atom. The third kappa shape index (κ3) is 4.60. The molecule has 1 saturated heterocycles. The lowest BCUT2D eigenvalue weighted by Gasteiger charge is -2.17. The molecule has 0 radical (unpaired) electrons. The molecule has 1 amide bonds. The normalized spacial score (nSPS) is 16.3. The minimum Gasteiger partial charge on any atom is -0.457 e. The van der Waals surface area contributed by atoms with Gasteiger partial charge in [0, 0.05) is 30.1 Å². The number of esters is 1. The highest BCUT2D eigenvalue weighted by molar-refractivity contribution is 6.31. The Kier molecular flexibility index (Phi) is 6.15. The molecule has 0 bridgehead atoms. The Morgan fingerprint density at radius 2 is 1.93 bits per heavy atom. The molecule has 0 spiro atoms. The van der Waals surface area contributed by atoms with Gasteiger partial charge in [0.1, 0.15) is 0 Å². The van der Waals surface area contributed by atoms with Gasteiger partial charge in [0.05, 0.1) is 5.92 Å². The van der Waals surface area contributed by atoms with Crippen LogP contribution in [-0.2, 0) is 20.9 Å². The number of rotatable bonds is 6. The smallest absolute Gasteiger partial charge is 0.311 e. The number of carbonyl (C=O) groups is 3. The maximum absolute atomic E-state index is 12.4. The van der Waals surface area contributed by atoms with E-state index in [0.29, 0.717) is 17.1 Å². The van der Waals surface area contributed by atoms with Gasteiger partial charge >= 0.3 is 5.97 Å². The molecule has 1 fully saturated rings. The van der Waals surface area contributed by atoms with Crippen LogP contribution < -0.4 is 0 Å². The first-order chi connectivity index (χ1) is 13.3. The lowest BCUT2D eigenvalue weighted by Crippen LogP contribution is -2.27. The van der Waals surface area contributed by atoms with Crippen LogP contribution in [0.1, 0.15) is 33.5 Å². The van der Waals surface area contributed by atoms with Crippen molar-refractivity contribution in [3.05, 3.63) is 69.7 Å². The van der Waals surface area contributed by atoms with Gasteiger partial charge in [0.25, 0.3) is 0 Å². The van der Waals surface area contributed by atoms with E-state index in [9.17, 15) is 14.4 Å². The second kappa shape index (κ2) is 8.57. The molecule has 5 nitrogen and oxygen atoms in total. The van der Waals surface area contributed by atoms with Gasteiger partial charge < -0.3 is 9.64 Å². The fourth-order valence-corrected chi connectivity index (χ4v) is 3.48. The first-order valence-corrected chi connectivity index (χ1v) is 9.51. The maximum Gasteiger partial charge on any atom is 0.311 e. The van der Waals surface area contributed by atoms with Crippen LogP contribution in [0.3, 0.4) is 0 Å². The summed E-state index contributed by atoms with van der Waals surface area (Å²) < 4.78 is 5.21. The average molecular weight is 400 g/mol. The molecule has 1 atom stereocenters. The molecule has 1 aliphatic rings. The number of benzene rings is 2. The summed E-state index contributed by atoms with van der Waals surface area (Å²) in [6, 6.07) is 12.9. The predicted molar refractivity (Wildman–Crippen MR) is 106 cm³/mol. The first-order valence-electron chi connectivity index (χ1n) is 9.13. The third-order valence-corrected chi connectivity index (χ3v) is 5.27. The van der Waals surface area contributed by atoms with E-state index in [1.807, 2.05) is 44.2 Å². The summed E-state index contributed by atoms with van der Waals surface area (Å²) in [5.74, 6) is -1.45. The Labute approximate surface area is 169 Å². The van der Waals surface area contributed by atoms with Crippen molar-refractivity contribution in [1.29, 1.82) is 0 Å². The second-order valence-corrected chi connectivity index (χ2v) is 7.52. The van der Waals surface area contributed by atoms with E-state index in [-0.39, 0.29) is 31.3 Å². The van der Waals surface area contributed by atoms with Crippen molar-refractivity contribution in [2.24, 2.45) is 5.92 Å². The molecule has 0 aromatic heterocycles. The molecular weight excluding hydrogens is 378 g/mol. The number of amides is 1. The molecule has 2 aromatic rings. The summed E-state index contributed by atoms with van der Waals surface area (Å²) in [6.45, 7) is 4.04. The number of aryl methyl sites for hydroxylation is 2. The van der Waals surface area contributed by atoms with Crippen LogP contribution in [0.5, 0.6) is 0 Å². The Balaban J connectivity index is 1.56. The molecule has 0 unspecified atom stereocenters. The summed E-state index contributed by atoms with van der Waals surface area (Å²) >= 11 is 6.15. The number of likely N-dealkylation sites (tertiary alicyclic amines) is 1. The van der Waals surface area contributed by atoms with Crippen LogP contribution in [0.25, 0.3) is 0 Å². The van der Waals surface area contributed by atoms with Crippen LogP contribution >= 0.6 is 11.6 Å². The van der Waals surface area contributed by atoms with Gasteiger partial charge in [-0.1, -0.05) is 47.5 Å². The molecule has 0 saturated carbocycles. The highest BCUT2D eigenvalue weighted by Crippen LogP contribution is 2.24. The zero-order valence-corrected chi connectivity index (χ0v) is 16.7. The highest BCUT2D eigenvalue weighted by atomic mass is 35.5. The van der Waals surface area contributed by atoms with E-state index in [1.54, 1.807) is 17.0 Å². The minimum atomic E-state index is -0.568.